The van der Waals surface area contributed by atoms with Crippen LogP contribution in [0.15, 0.2) is 24.4 Å². The number of aryl methyl sites for hydroxylation is 1. The fourth-order valence-electron chi connectivity index (χ4n) is 1.87. The highest BCUT2D eigenvalue weighted by Crippen LogP contribution is 2.09. The lowest BCUT2D eigenvalue weighted by atomic mass is 10.2. The van der Waals surface area contributed by atoms with Crippen molar-refractivity contribution < 1.29 is 8.78 Å². The van der Waals surface area contributed by atoms with Gasteiger partial charge in [-0.2, -0.15) is 0 Å². The maximum absolute atomic E-state index is 13.0. The van der Waals surface area contributed by atoms with Crippen molar-refractivity contribution in [1.29, 1.82) is 0 Å². The molecule has 0 radical (unpaired) electrons. The van der Waals surface area contributed by atoms with E-state index >= 15 is 0 Å². The van der Waals surface area contributed by atoms with Crippen molar-refractivity contribution in [2.45, 2.75) is 25.8 Å². The first kappa shape index (κ1) is 13.6. The van der Waals surface area contributed by atoms with E-state index in [1.165, 1.54) is 12.1 Å². The maximum atomic E-state index is 13.0. The molecule has 0 amide bonds. The first-order valence-corrected chi connectivity index (χ1v) is 6.21. The molecule has 0 atom stereocenters. The number of aromatic nitrogens is 3. The number of nitrogens with zero attached hydrogens (tertiary/aromatic N) is 3. The topological polar surface area (TPSA) is 56.7 Å². The normalized spacial score (nSPS) is 10.9. The molecule has 0 bridgehead atoms. The third-order valence-corrected chi connectivity index (χ3v) is 2.74. The first-order chi connectivity index (χ1) is 9.17. The zero-order valence-electron chi connectivity index (χ0n) is 10.5. The minimum atomic E-state index is -0.585. The van der Waals surface area contributed by atoms with Gasteiger partial charge in [-0.25, -0.2) is 13.5 Å². The highest BCUT2D eigenvalue weighted by Gasteiger charge is 2.04. The van der Waals surface area contributed by atoms with Crippen molar-refractivity contribution in [2.24, 2.45) is 5.73 Å². The smallest absolute Gasteiger partial charge is 0.126 e. The van der Waals surface area contributed by atoms with Gasteiger partial charge in [0.25, 0.3) is 0 Å². The van der Waals surface area contributed by atoms with Crippen LogP contribution in [0.1, 0.15) is 24.1 Å². The summed E-state index contributed by atoms with van der Waals surface area (Å²) in [6.07, 6.45) is 4.51. The second kappa shape index (κ2) is 6.38. The molecule has 4 nitrogen and oxygen atoms in total. The van der Waals surface area contributed by atoms with E-state index in [0.29, 0.717) is 18.7 Å². The van der Waals surface area contributed by atoms with Gasteiger partial charge in [-0.05, 0) is 43.5 Å². The molecular formula is C13H16F2N4. The summed E-state index contributed by atoms with van der Waals surface area (Å²) < 4.78 is 27.7. The third-order valence-electron chi connectivity index (χ3n) is 2.74. The van der Waals surface area contributed by atoms with Crippen LogP contribution < -0.4 is 5.73 Å². The molecule has 2 aromatic rings. The molecule has 0 fully saturated rings. The largest absolute Gasteiger partial charge is 0.330 e. The Morgan fingerprint density at radius 2 is 1.84 bits per heavy atom. The minimum absolute atomic E-state index is 0.304. The van der Waals surface area contributed by atoms with Crippen molar-refractivity contribution in [3.05, 3.63) is 47.3 Å². The Kier molecular flexibility index (Phi) is 4.57. The molecule has 1 aromatic heterocycles. The number of nitrogens with two attached hydrogens (primary N) is 1. The summed E-state index contributed by atoms with van der Waals surface area (Å²) in [5.74, 6) is -1.17. The van der Waals surface area contributed by atoms with E-state index in [2.05, 4.69) is 10.3 Å². The highest BCUT2D eigenvalue weighted by atomic mass is 19.1. The van der Waals surface area contributed by atoms with Gasteiger partial charge in [-0.3, -0.25) is 0 Å². The summed E-state index contributed by atoms with van der Waals surface area (Å²) in [6.45, 7) is 0.968. The van der Waals surface area contributed by atoms with Gasteiger partial charge in [0, 0.05) is 12.3 Å². The quantitative estimate of drug-likeness (QED) is 0.812. The van der Waals surface area contributed by atoms with E-state index in [4.69, 9.17) is 5.73 Å². The Bertz CT molecular complexity index is 519. The molecule has 0 spiro atoms. The number of hydrogen-bond acceptors (Lipinski definition) is 3. The molecule has 0 aliphatic rings. The van der Waals surface area contributed by atoms with Crippen LogP contribution in [0.4, 0.5) is 8.78 Å². The monoisotopic (exact) mass is 266 g/mol. The van der Waals surface area contributed by atoms with Crippen molar-refractivity contribution in [3.8, 4) is 0 Å². The van der Waals surface area contributed by atoms with Crippen LogP contribution in [0.3, 0.4) is 0 Å². The number of benzene rings is 1. The molecule has 2 rings (SSSR count). The summed E-state index contributed by atoms with van der Waals surface area (Å²) in [5, 5.41) is 7.95. The Hall–Kier alpha value is -1.82. The van der Waals surface area contributed by atoms with Gasteiger partial charge in [0.1, 0.15) is 11.6 Å². The van der Waals surface area contributed by atoms with Gasteiger partial charge >= 0.3 is 0 Å². The third kappa shape index (κ3) is 4.10. The molecule has 0 saturated heterocycles. The van der Waals surface area contributed by atoms with Crippen LogP contribution in [0.5, 0.6) is 0 Å². The zero-order valence-corrected chi connectivity index (χ0v) is 10.5. The minimum Gasteiger partial charge on any atom is -0.330 e. The molecule has 2 N–H and O–H groups in total. The second-order valence-corrected chi connectivity index (χ2v) is 4.43. The van der Waals surface area contributed by atoms with Gasteiger partial charge in [0.2, 0.25) is 0 Å². The molecule has 0 aliphatic carbocycles. The summed E-state index contributed by atoms with van der Waals surface area (Å²) >= 11 is 0. The average molecular weight is 266 g/mol. The Morgan fingerprint density at radius 3 is 2.53 bits per heavy atom. The summed E-state index contributed by atoms with van der Waals surface area (Å²) in [7, 11) is 0. The van der Waals surface area contributed by atoms with E-state index in [9.17, 15) is 8.78 Å². The molecule has 0 unspecified atom stereocenters. The maximum Gasteiger partial charge on any atom is 0.126 e. The van der Waals surface area contributed by atoms with Gasteiger partial charge in [0.15, 0.2) is 0 Å². The first-order valence-electron chi connectivity index (χ1n) is 6.21. The van der Waals surface area contributed by atoms with Crippen molar-refractivity contribution in [3.63, 3.8) is 0 Å². The SMILES string of the molecule is NCCCCc1cn(Cc2cc(F)cc(F)c2)nn1. The van der Waals surface area contributed by atoms with Crippen LogP contribution in [0.25, 0.3) is 0 Å². The number of rotatable bonds is 6. The molecule has 1 aromatic carbocycles. The molecular weight excluding hydrogens is 250 g/mol. The Balaban J connectivity index is 1.99. The lowest BCUT2D eigenvalue weighted by molar-refractivity contribution is 0.572. The van der Waals surface area contributed by atoms with E-state index < -0.39 is 11.6 Å². The molecule has 19 heavy (non-hydrogen) atoms. The predicted octanol–water partition coefficient (Wildman–Crippen LogP) is 1.89. The van der Waals surface area contributed by atoms with E-state index in [1.807, 2.05) is 0 Å². The van der Waals surface area contributed by atoms with Gasteiger partial charge in [-0.1, -0.05) is 5.21 Å². The van der Waals surface area contributed by atoms with Gasteiger partial charge < -0.3 is 5.73 Å². The van der Waals surface area contributed by atoms with E-state index in [-0.39, 0.29) is 0 Å². The number of unbranched alkanes of at least 4 members (excludes halogenated alkanes) is 1. The van der Waals surface area contributed by atoms with Crippen molar-refractivity contribution >= 4 is 0 Å². The molecule has 102 valence electrons. The lowest BCUT2D eigenvalue weighted by Crippen LogP contribution is -2.01. The fourth-order valence-corrected chi connectivity index (χ4v) is 1.87. The molecule has 1 heterocycles. The van der Waals surface area contributed by atoms with E-state index in [0.717, 1.165) is 31.0 Å². The molecule has 6 heteroatoms. The van der Waals surface area contributed by atoms with Crippen LogP contribution in [-0.4, -0.2) is 21.5 Å². The zero-order chi connectivity index (χ0) is 13.7. The van der Waals surface area contributed by atoms with Crippen LogP contribution >= 0.6 is 0 Å². The van der Waals surface area contributed by atoms with Crippen LogP contribution in [-0.2, 0) is 13.0 Å². The number of hydrogen-bond donors (Lipinski definition) is 1. The average Bonchev–Trinajstić information content (AvgIpc) is 2.76. The standard InChI is InChI=1S/C13H16F2N4/c14-11-5-10(6-12(15)7-11)8-19-9-13(17-18-19)3-1-2-4-16/h5-7,9H,1-4,8,16H2. The van der Waals surface area contributed by atoms with Crippen LogP contribution in [0.2, 0.25) is 0 Å². The van der Waals surface area contributed by atoms with Crippen molar-refractivity contribution in [2.75, 3.05) is 6.54 Å². The van der Waals surface area contributed by atoms with Crippen molar-refractivity contribution in [1.82, 2.24) is 15.0 Å². The Morgan fingerprint density at radius 1 is 1.11 bits per heavy atom. The van der Waals surface area contributed by atoms with E-state index in [1.54, 1.807) is 10.9 Å². The summed E-state index contributed by atoms with van der Waals surface area (Å²) in [4.78, 5) is 0. The predicted molar refractivity (Wildman–Crippen MR) is 67.5 cm³/mol. The number of halogens is 2. The fraction of sp³-hybridized carbons (Fsp3) is 0.385. The summed E-state index contributed by atoms with van der Waals surface area (Å²) in [6, 6.07) is 3.43. The molecule has 0 aliphatic heterocycles. The second-order valence-electron chi connectivity index (χ2n) is 4.43. The molecule has 0 saturated carbocycles. The summed E-state index contributed by atoms with van der Waals surface area (Å²) in [5.41, 5.74) is 6.81. The van der Waals surface area contributed by atoms with Gasteiger partial charge in [-0.15, -0.1) is 5.10 Å². The lowest BCUT2D eigenvalue weighted by Gasteiger charge is -2.01. The van der Waals surface area contributed by atoms with Gasteiger partial charge in [0.05, 0.1) is 12.2 Å². The highest BCUT2D eigenvalue weighted by molar-refractivity contribution is 5.18. The van der Waals surface area contributed by atoms with Crippen LogP contribution in [0, 0.1) is 11.6 Å². The Labute approximate surface area is 110 Å².